The first-order valence-corrected chi connectivity index (χ1v) is 11.8. The van der Waals surface area contributed by atoms with Crippen LogP contribution in [-0.4, -0.2) is 28.0 Å². The molecule has 0 bridgehead atoms. The van der Waals surface area contributed by atoms with Crippen LogP contribution in [0.4, 0.5) is 11.4 Å². The maximum absolute atomic E-state index is 13.5. The predicted octanol–water partition coefficient (Wildman–Crippen LogP) is 5.05. The number of amides is 1. The number of ether oxygens (including phenoxy) is 1. The smallest absolute Gasteiger partial charge is 0.268 e. The monoisotopic (exact) mass is 552 g/mol. The van der Waals surface area contributed by atoms with E-state index < -0.39 is 22.5 Å². The molecule has 0 fully saturated rings. The Morgan fingerprint density at radius 2 is 1.60 bits per heavy atom. The molecule has 0 saturated carbocycles. The van der Waals surface area contributed by atoms with Gasteiger partial charge in [-0.25, -0.2) is 8.42 Å². The van der Waals surface area contributed by atoms with Crippen molar-refractivity contribution in [1.82, 2.24) is 0 Å². The number of sulfonamides is 1. The molecule has 0 heterocycles. The van der Waals surface area contributed by atoms with Crippen molar-refractivity contribution in [3.63, 3.8) is 0 Å². The van der Waals surface area contributed by atoms with Gasteiger partial charge in [0.2, 0.25) is 5.91 Å². The third-order valence-corrected chi connectivity index (χ3v) is 6.97. The predicted molar refractivity (Wildman–Crippen MR) is 124 cm³/mol. The van der Waals surface area contributed by atoms with Gasteiger partial charge in [0.25, 0.3) is 10.0 Å². The van der Waals surface area contributed by atoms with E-state index in [2.05, 4.69) is 37.2 Å². The molecule has 156 valence electrons. The van der Waals surface area contributed by atoms with Crippen LogP contribution >= 0.6 is 31.9 Å². The summed E-state index contributed by atoms with van der Waals surface area (Å²) in [7, 11) is -2.71. The number of halogens is 2. The highest BCUT2D eigenvalue weighted by atomic mass is 79.9. The van der Waals surface area contributed by atoms with E-state index in [1.54, 1.807) is 66.7 Å². The van der Waals surface area contributed by atoms with Gasteiger partial charge in [-0.1, -0.05) is 50.1 Å². The lowest BCUT2D eigenvalue weighted by Gasteiger charge is -2.25. The van der Waals surface area contributed by atoms with Crippen LogP contribution in [-0.2, 0) is 14.8 Å². The highest BCUT2D eigenvalue weighted by Gasteiger charge is 2.30. The van der Waals surface area contributed by atoms with Gasteiger partial charge < -0.3 is 10.1 Å². The molecule has 3 aromatic rings. The summed E-state index contributed by atoms with van der Waals surface area (Å²) in [6.07, 6.45) is 0. The molecule has 0 unspecified atom stereocenters. The number of hydrogen-bond acceptors (Lipinski definition) is 4. The molecule has 0 spiro atoms. The van der Waals surface area contributed by atoms with E-state index in [9.17, 15) is 13.2 Å². The normalized spacial score (nSPS) is 11.0. The van der Waals surface area contributed by atoms with E-state index in [-0.39, 0.29) is 10.6 Å². The Balaban J connectivity index is 1.98. The molecule has 0 aromatic heterocycles. The zero-order valence-electron chi connectivity index (χ0n) is 15.9. The molecule has 0 aliphatic heterocycles. The standard InChI is InChI=1S/C21H18Br2N2O4S/c1-29-19-12-9-16(23)13-20(19)30(27,28)25(18-5-3-2-4-6-18)14-21(26)24-17-10-7-15(22)8-11-17/h2-13H,14H2,1H3,(H,24,26). The van der Waals surface area contributed by atoms with Gasteiger partial charge in [0.05, 0.1) is 12.8 Å². The molecule has 0 atom stereocenters. The van der Waals surface area contributed by atoms with Crippen LogP contribution < -0.4 is 14.4 Å². The summed E-state index contributed by atoms with van der Waals surface area (Å²) >= 11 is 6.64. The molecular weight excluding hydrogens is 536 g/mol. The van der Waals surface area contributed by atoms with Crippen molar-refractivity contribution in [2.45, 2.75) is 4.90 Å². The number of carbonyl (C=O) groups is 1. The highest BCUT2D eigenvalue weighted by Crippen LogP contribution is 2.32. The summed E-state index contributed by atoms with van der Waals surface area (Å²) in [5, 5.41) is 2.73. The van der Waals surface area contributed by atoms with Crippen molar-refractivity contribution in [3.8, 4) is 5.75 Å². The second-order valence-electron chi connectivity index (χ2n) is 6.20. The van der Waals surface area contributed by atoms with E-state index in [0.717, 1.165) is 8.78 Å². The first-order valence-electron chi connectivity index (χ1n) is 8.78. The van der Waals surface area contributed by atoms with Crippen LogP contribution in [0, 0.1) is 0 Å². The fourth-order valence-corrected chi connectivity index (χ4v) is 5.13. The van der Waals surface area contributed by atoms with Gasteiger partial charge in [0.15, 0.2) is 0 Å². The Morgan fingerprint density at radius 1 is 0.967 bits per heavy atom. The molecule has 30 heavy (non-hydrogen) atoms. The Bertz CT molecular complexity index is 1140. The van der Waals surface area contributed by atoms with E-state index in [0.29, 0.717) is 15.8 Å². The van der Waals surface area contributed by atoms with Gasteiger partial charge in [-0.05, 0) is 54.6 Å². The van der Waals surface area contributed by atoms with Crippen LogP contribution in [0.1, 0.15) is 0 Å². The largest absolute Gasteiger partial charge is 0.495 e. The second-order valence-corrected chi connectivity index (χ2v) is 9.86. The van der Waals surface area contributed by atoms with Gasteiger partial charge in [0.1, 0.15) is 17.2 Å². The number of benzene rings is 3. The molecule has 1 N–H and O–H groups in total. The van der Waals surface area contributed by atoms with Crippen LogP contribution in [0.2, 0.25) is 0 Å². The molecule has 0 radical (unpaired) electrons. The fourth-order valence-electron chi connectivity index (χ4n) is 2.74. The number of anilines is 2. The summed E-state index contributed by atoms with van der Waals surface area (Å²) in [5.74, 6) is -0.286. The van der Waals surface area contributed by atoms with Crippen molar-refractivity contribution < 1.29 is 17.9 Å². The first-order chi connectivity index (χ1) is 14.3. The van der Waals surface area contributed by atoms with Crippen LogP contribution in [0.5, 0.6) is 5.75 Å². The van der Waals surface area contributed by atoms with Crippen LogP contribution in [0.3, 0.4) is 0 Å². The third kappa shape index (κ3) is 5.21. The van der Waals surface area contributed by atoms with E-state index in [1.165, 1.54) is 13.2 Å². The van der Waals surface area contributed by atoms with Crippen molar-refractivity contribution >= 4 is 59.2 Å². The van der Waals surface area contributed by atoms with Gasteiger partial charge >= 0.3 is 0 Å². The van der Waals surface area contributed by atoms with E-state index in [4.69, 9.17) is 4.74 Å². The summed E-state index contributed by atoms with van der Waals surface area (Å²) in [4.78, 5) is 12.7. The summed E-state index contributed by atoms with van der Waals surface area (Å²) in [6.45, 7) is -0.405. The van der Waals surface area contributed by atoms with Gasteiger partial charge in [-0.15, -0.1) is 0 Å². The van der Waals surface area contributed by atoms with Crippen LogP contribution in [0.15, 0.2) is 86.6 Å². The van der Waals surface area contributed by atoms with Gasteiger partial charge in [-0.3, -0.25) is 9.10 Å². The van der Waals surface area contributed by atoms with E-state index >= 15 is 0 Å². The molecule has 3 rings (SSSR count). The number of rotatable bonds is 7. The lowest BCUT2D eigenvalue weighted by atomic mass is 10.3. The highest BCUT2D eigenvalue weighted by molar-refractivity contribution is 9.10. The summed E-state index contributed by atoms with van der Waals surface area (Å²) in [5.41, 5.74) is 0.930. The second kappa shape index (κ2) is 9.63. The molecule has 3 aromatic carbocycles. The molecule has 0 saturated heterocycles. The van der Waals surface area contributed by atoms with Crippen LogP contribution in [0.25, 0.3) is 0 Å². The lowest BCUT2D eigenvalue weighted by molar-refractivity contribution is -0.114. The maximum atomic E-state index is 13.5. The number of para-hydroxylation sites is 1. The minimum absolute atomic E-state index is 0.0420. The Kier molecular flexibility index (Phi) is 7.17. The SMILES string of the molecule is COc1ccc(Br)cc1S(=O)(=O)N(CC(=O)Nc1ccc(Br)cc1)c1ccccc1. The fraction of sp³-hybridized carbons (Fsp3) is 0.0952. The van der Waals surface area contributed by atoms with Crippen molar-refractivity contribution in [2.75, 3.05) is 23.3 Å². The minimum atomic E-state index is -4.10. The number of nitrogens with one attached hydrogen (secondary N) is 1. The molecule has 9 heteroatoms. The Labute approximate surface area is 192 Å². The number of methoxy groups -OCH3 is 1. The number of carbonyl (C=O) groups excluding carboxylic acids is 1. The van der Waals surface area contributed by atoms with Crippen molar-refractivity contribution in [3.05, 3.63) is 81.7 Å². The summed E-state index contributed by atoms with van der Waals surface area (Å²) < 4.78 is 34.8. The van der Waals surface area contributed by atoms with Gasteiger partial charge in [0, 0.05) is 14.6 Å². The quantitative estimate of drug-likeness (QED) is 0.444. The maximum Gasteiger partial charge on any atom is 0.268 e. The molecule has 0 aliphatic carbocycles. The Morgan fingerprint density at radius 3 is 2.23 bits per heavy atom. The van der Waals surface area contributed by atoms with E-state index in [1.807, 2.05) is 0 Å². The topological polar surface area (TPSA) is 75.7 Å². The average Bonchev–Trinajstić information content (AvgIpc) is 2.74. The van der Waals surface area contributed by atoms with Crippen molar-refractivity contribution in [1.29, 1.82) is 0 Å². The molecule has 1 amide bonds. The number of hydrogen-bond donors (Lipinski definition) is 1. The number of nitrogens with zero attached hydrogens (tertiary/aromatic N) is 1. The molecular formula is C21H18Br2N2O4S. The lowest BCUT2D eigenvalue weighted by Crippen LogP contribution is -2.38. The third-order valence-electron chi connectivity index (χ3n) is 4.15. The zero-order valence-corrected chi connectivity index (χ0v) is 19.9. The minimum Gasteiger partial charge on any atom is -0.495 e. The first kappa shape index (κ1) is 22.3. The average molecular weight is 554 g/mol. The van der Waals surface area contributed by atoms with Crippen molar-refractivity contribution in [2.24, 2.45) is 0 Å². The summed E-state index contributed by atoms with van der Waals surface area (Å²) in [6, 6.07) is 20.2. The molecule has 0 aliphatic rings. The zero-order chi connectivity index (χ0) is 21.7. The molecule has 6 nitrogen and oxygen atoms in total. The van der Waals surface area contributed by atoms with Gasteiger partial charge in [-0.2, -0.15) is 0 Å². The Hall–Kier alpha value is -2.36.